The third-order valence-electron chi connectivity index (χ3n) is 3.93. The van der Waals surface area contributed by atoms with Gasteiger partial charge in [0.1, 0.15) is 17.2 Å². The van der Waals surface area contributed by atoms with Crippen LogP contribution < -0.4 is 5.32 Å². The van der Waals surface area contributed by atoms with E-state index in [9.17, 15) is 9.90 Å². The molecule has 7 nitrogen and oxygen atoms in total. The predicted molar refractivity (Wildman–Crippen MR) is 88.6 cm³/mol. The van der Waals surface area contributed by atoms with Crippen LogP contribution in [0.3, 0.4) is 0 Å². The first-order valence-electron chi connectivity index (χ1n) is 7.70. The van der Waals surface area contributed by atoms with Gasteiger partial charge in [0.15, 0.2) is 0 Å². The van der Waals surface area contributed by atoms with Gasteiger partial charge in [0.05, 0.1) is 6.10 Å². The fraction of sp³-hybridized carbons (Fsp3) is 0.375. The van der Waals surface area contributed by atoms with Crippen molar-refractivity contribution in [3.05, 3.63) is 52.8 Å². The van der Waals surface area contributed by atoms with Crippen LogP contribution in [0.4, 0.5) is 0 Å². The van der Waals surface area contributed by atoms with E-state index in [1.54, 1.807) is 6.20 Å². The summed E-state index contributed by atoms with van der Waals surface area (Å²) in [6, 6.07) is 3.40. The quantitative estimate of drug-likeness (QED) is 0.773. The highest BCUT2D eigenvalue weighted by Crippen LogP contribution is 2.17. The van der Waals surface area contributed by atoms with Gasteiger partial charge in [-0.15, -0.1) is 0 Å². The summed E-state index contributed by atoms with van der Waals surface area (Å²) in [5.41, 5.74) is 2.68. The van der Waals surface area contributed by atoms with Crippen molar-refractivity contribution in [1.29, 1.82) is 0 Å². The normalized spacial score (nSPS) is 15.6. The third kappa shape index (κ3) is 4.25. The van der Waals surface area contributed by atoms with Crippen molar-refractivity contribution in [3.8, 4) is 0 Å². The molecule has 1 amide bonds. The maximum absolute atomic E-state index is 12.0. The summed E-state index contributed by atoms with van der Waals surface area (Å²) in [6.45, 7) is 2.29. The van der Waals surface area contributed by atoms with Gasteiger partial charge < -0.3 is 10.4 Å². The van der Waals surface area contributed by atoms with E-state index >= 15 is 0 Å². The smallest absolute Gasteiger partial charge is 0.270 e. The number of aliphatic hydroxyl groups is 1. The lowest BCUT2D eigenvalue weighted by molar-refractivity contribution is 0.0838. The number of hydrogen-bond acceptors (Lipinski definition) is 6. The van der Waals surface area contributed by atoms with E-state index in [2.05, 4.69) is 25.2 Å². The largest absolute Gasteiger partial charge is 0.390 e. The Morgan fingerprint density at radius 1 is 1.42 bits per heavy atom. The van der Waals surface area contributed by atoms with Gasteiger partial charge in [0.2, 0.25) is 0 Å². The molecule has 3 rings (SSSR count). The van der Waals surface area contributed by atoms with E-state index < -0.39 is 6.10 Å². The molecule has 0 saturated carbocycles. The number of β-amino-alcohol motifs (C(OH)–C–C–N with tert-alkyl or cyclic N) is 1. The first kappa shape index (κ1) is 16.8. The predicted octanol–water partition coefficient (Wildman–Crippen LogP) is 0.674. The first-order chi connectivity index (χ1) is 11.6. The minimum atomic E-state index is -0.658. The van der Waals surface area contributed by atoms with E-state index in [4.69, 9.17) is 11.6 Å². The molecule has 0 aromatic carbocycles. The Hall–Kier alpha value is -2.09. The molecule has 2 aromatic rings. The summed E-state index contributed by atoms with van der Waals surface area (Å²) in [4.78, 5) is 25.8. The van der Waals surface area contributed by atoms with Crippen molar-refractivity contribution < 1.29 is 9.90 Å². The Morgan fingerprint density at radius 2 is 2.29 bits per heavy atom. The van der Waals surface area contributed by atoms with Gasteiger partial charge in [-0.1, -0.05) is 11.6 Å². The van der Waals surface area contributed by atoms with Gasteiger partial charge in [-0.2, -0.15) is 0 Å². The minimum absolute atomic E-state index is 0.153. The number of nitrogens with zero attached hydrogens (tertiary/aromatic N) is 4. The molecule has 0 fully saturated rings. The summed E-state index contributed by atoms with van der Waals surface area (Å²) in [6.07, 6.45) is 5.17. The highest BCUT2D eigenvalue weighted by molar-refractivity contribution is 6.29. The van der Waals surface area contributed by atoms with Crippen molar-refractivity contribution in [3.63, 3.8) is 0 Å². The second kappa shape index (κ2) is 7.65. The summed E-state index contributed by atoms with van der Waals surface area (Å²) in [7, 11) is 0. The monoisotopic (exact) mass is 347 g/mol. The number of hydrogen-bond donors (Lipinski definition) is 2. The lowest BCUT2D eigenvalue weighted by Gasteiger charge is -2.30. The molecular weight excluding hydrogens is 330 g/mol. The molecule has 0 aliphatic carbocycles. The fourth-order valence-electron chi connectivity index (χ4n) is 2.71. The molecule has 0 spiro atoms. The van der Waals surface area contributed by atoms with E-state index in [1.165, 1.54) is 23.5 Å². The van der Waals surface area contributed by atoms with Gasteiger partial charge in [-0.3, -0.25) is 14.7 Å². The molecule has 8 heteroatoms. The van der Waals surface area contributed by atoms with Gasteiger partial charge in [-0.25, -0.2) is 9.97 Å². The van der Waals surface area contributed by atoms with Crippen LogP contribution in [0.15, 0.2) is 30.9 Å². The van der Waals surface area contributed by atoms with Crippen LogP contribution in [0.1, 0.15) is 21.6 Å². The number of aliphatic hydroxyl groups excluding tert-OH is 1. The van der Waals surface area contributed by atoms with Gasteiger partial charge in [0, 0.05) is 44.6 Å². The minimum Gasteiger partial charge on any atom is -0.390 e. The molecule has 0 unspecified atom stereocenters. The second-order valence-electron chi connectivity index (χ2n) is 5.72. The van der Waals surface area contributed by atoms with Crippen molar-refractivity contribution in [2.24, 2.45) is 0 Å². The van der Waals surface area contributed by atoms with Gasteiger partial charge in [0.25, 0.3) is 5.91 Å². The summed E-state index contributed by atoms with van der Waals surface area (Å²) in [5.74, 6) is -0.381. The molecule has 2 aromatic heterocycles. The number of carbonyl (C=O) groups is 1. The topological polar surface area (TPSA) is 91.2 Å². The van der Waals surface area contributed by atoms with Crippen LogP contribution in [0.5, 0.6) is 0 Å². The molecule has 0 radical (unpaired) electrons. The molecule has 126 valence electrons. The van der Waals surface area contributed by atoms with Crippen LogP contribution >= 0.6 is 11.6 Å². The second-order valence-corrected chi connectivity index (χ2v) is 6.11. The van der Waals surface area contributed by atoms with Crippen LogP contribution in [0.25, 0.3) is 0 Å². The van der Waals surface area contributed by atoms with Crippen LogP contribution in [-0.2, 0) is 13.0 Å². The van der Waals surface area contributed by atoms with Crippen LogP contribution in [0.2, 0.25) is 5.15 Å². The maximum Gasteiger partial charge on any atom is 0.270 e. The lowest BCUT2D eigenvalue weighted by Crippen LogP contribution is -2.42. The van der Waals surface area contributed by atoms with Crippen LogP contribution in [-0.4, -0.2) is 56.6 Å². The number of aromatic nitrogens is 3. The molecule has 0 bridgehead atoms. The zero-order valence-corrected chi connectivity index (χ0v) is 13.8. The number of nitrogens with one attached hydrogen (secondary N) is 1. The van der Waals surface area contributed by atoms with E-state index in [0.29, 0.717) is 6.54 Å². The van der Waals surface area contributed by atoms with Gasteiger partial charge in [-0.05, 0) is 23.6 Å². The van der Waals surface area contributed by atoms with Crippen molar-refractivity contribution >= 4 is 17.5 Å². The number of halogens is 1. The zero-order valence-electron chi connectivity index (χ0n) is 13.0. The lowest BCUT2D eigenvalue weighted by atomic mass is 10.0. The molecule has 2 N–H and O–H groups in total. The average Bonchev–Trinajstić information content (AvgIpc) is 2.59. The van der Waals surface area contributed by atoms with Crippen LogP contribution in [0, 0.1) is 0 Å². The molecule has 1 atom stereocenters. The Morgan fingerprint density at radius 3 is 3.12 bits per heavy atom. The number of rotatable bonds is 5. The first-order valence-corrected chi connectivity index (χ1v) is 8.07. The molecule has 24 heavy (non-hydrogen) atoms. The third-order valence-corrected chi connectivity index (χ3v) is 4.14. The Kier molecular flexibility index (Phi) is 5.34. The standard InChI is InChI=1S/C16H18ClN5O2/c17-15-5-14(20-10-21-15)16(24)19-7-13(23)9-22-4-2-11-6-18-3-1-12(11)8-22/h1,3,5-6,10,13,23H,2,4,7-9H2,(H,19,24)/t13-/m0/s1. The number of pyridine rings is 1. The van der Waals surface area contributed by atoms with E-state index in [-0.39, 0.29) is 23.3 Å². The molecule has 0 saturated heterocycles. The van der Waals surface area contributed by atoms with E-state index in [0.717, 1.165) is 19.5 Å². The van der Waals surface area contributed by atoms with Gasteiger partial charge >= 0.3 is 0 Å². The average molecular weight is 348 g/mol. The maximum atomic E-state index is 12.0. The highest BCUT2D eigenvalue weighted by Gasteiger charge is 2.19. The number of amides is 1. The summed E-state index contributed by atoms with van der Waals surface area (Å²) >= 11 is 5.73. The Bertz CT molecular complexity index is 727. The van der Waals surface area contributed by atoms with Crippen molar-refractivity contribution in [1.82, 2.24) is 25.2 Å². The summed E-state index contributed by atoms with van der Waals surface area (Å²) < 4.78 is 0. The Labute approximate surface area is 144 Å². The molecule has 3 heterocycles. The molecular formula is C16H18ClN5O2. The molecule has 1 aliphatic heterocycles. The van der Waals surface area contributed by atoms with Crippen molar-refractivity contribution in [2.45, 2.75) is 19.1 Å². The van der Waals surface area contributed by atoms with E-state index in [1.807, 2.05) is 12.3 Å². The SMILES string of the molecule is O=C(NC[C@H](O)CN1CCc2cnccc2C1)c1cc(Cl)ncn1. The fourth-order valence-corrected chi connectivity index (χ4v) is 2.86. The number of carbonyl (C=O) groups excluding carboxylic acids is 1. The molecule has 1 aliphatic rings. The Balaban J connectivity index is 1.48. The van der Waals surface area contributed by atoms with Crippen molar-refractivity contribution in [2.75, 3.05) is 19.6 Å². The highest BCUT2D eigenvalue weighted by atomic mass is 35.5. The number of fused-ring (bicyclic) bond motifs is 1. The zero-order chi connectivity index (χ0) is 16.9. The summed E-state index contributed by atoms with van der Waals surface area (Å²) in [5, 5.41) is 13.0.